The highest BCUT2D eigenvalue weighted by atomic mass is 32.1. The van der Waals surface area contributed by atoms with Gasteiger partial charge in [0.05, 0.1) is 11.4 Å². The van der Waals surface area contributed by atoms with Gasteiger partial charge >= 0.3 is 6.18 Å². The van der Waals surface area contributed by atoms with E-state index in [4.69, 9.17) is 10.2 Å². The van der Waals surface area contributed by atoms with Crippen LogP contribution in [0, 0.1) is 0 Å². The summed E-state index contributed by atoms with van der Waals surface area (Å²) in [4.78, 5) is 3.64. The lowest BCUT2D eigenvalue weighted by atomic mass is 10.4. The first-order valence-electron chi connectivity index (χ1n) is 4.33. The van der Waals surface area contributed by atoms with Crippen molar-refractivity contribution in [1.82, 2.24) is 4.98 Å². The minimum Gasteiger partial charge on any atom is -0.459 e. The van der Waals surface area contributed by atoms with Gasteiger partial charge in [0.25, 0.3) is 0 Å². The van der Waals surface area contributed by atoms with Crippen molar-refractivity contribution in [3.8, 4) is 10.6 Å². The fraction of sp³-hybridized carbons (Fsp3) is 0.222. The number of rotatable bonds is 2. The number of nitrogens with two attached hydrogens (primary N) is 1. The second kappa shape index (κ2) is 3.91. The molecule has 0 unspecified atom stereocenters. The van der Waals surface area contributed by atoms with Crippen LogP contribution in [0.1, 0.15) is 10.8 Å². The van der Waals surface area contributed by atoms with Gasteiger partial charge in [0.2, 0.25) is 0 Å². The summed E-state index contributed by atoms with van der Waals surface area (Å²) in [5, 5.41) is -0.881. The first-order chi connectivity index (χ1) is 7.50. The van der Waals surface area contributed by atoms with E-state index in [2.05, 4.69) is 4.98 Å². The van der Waals surface area contributed by atoms with Crippen molar-refractivity contribution in [2.45, 2.75) is 12.7 Å². The molecular weight excluding hydrogens is 241 g/mol. The van der Waals surface area contributed by atoms with Gasteiger partial charge in [0.1, 0.15) is 11.5 Å². The predicted octanol–water partition coefficient (Wildman–Crippen LogP) is 2.88. The third-order valence-electron chi connectivity index (χ3n) is 1.85. The normalized spacial score (nSPS) is 12.0. The molecule has 3 nitrogen and oxygen atoms in total. The van der Waals surface area contributed by atoms with Gasteiger partial charge < -0.3 is 10.2 Å². The van der Waals surface area contributed by atoms with E-state index in [-0.39, 0.29) is 6.54 Å². The van der Waals surface area contributed by atoms with Crippen molar-refractivity contribution in [3.05, 3.63) is 29.1 Å². The first kappa shape index (κ1) is 11.2. The van der Waals surface area contributed by atoms with E-state index in [9.17, 15) is 13.2 Å². The standard InChI is InChI=1S/C9H7F3N2OS/c10-9(11,12)8-14-4-7(16-8)6-2-1-5(3-13)15-6/h1-2,4H,3,13H2. The summed E-state index contributed by atoms with van der Waals surface area (Å²) >= 11 is 0.546. The highest BCUT2D eigenvalue weighted by Crippen LogP contribution is 2.36. The molecule has 0 aromatic carbocycles. The van der Waals surface area contributed by atoms with Crippen LogP contribution in [0.4, 0.5) is 13.2 Å². The monoisotopic (exact) mass is 248 g/mol. The number of furan rings is 1. The van der Waals surface area contributed by atoms with Gasteiger partial charge in [-0.15, -0.1) is 11.3 Å². The van der Waals surface area contributed by atoms with Crippen LogP contribution in [0.25, 0.3) is 10.6 Å². The quantitative estimate of drug-likeness (QED) is 0.889. The molecular formula is C9H7F3N2OS. The molecule has 2 aromatic heterocycles. The van der Waals surface area contributed by atoms with Gasteiger partial charge in [-0.25, -0.2) is 4.98 Å². The van der Waals surface area contributed by atoms with E-state index in [0.29, 0.717) is 27.7 Å². The fourth-order valence-corrected chi connectivity index (χ4v) is 1.88. The molecule has 2 rings (SSSR count). The van der Waals surface area contributed by atoms with Crippen molar-refractivity contribution >= 4 is 11.3 Å². The molecule has 0 spiro atoms. The van der Waals surface area contributed by atoms with Crippen LogP contribution in [0.2, 0.25) is 0 Å². The average molecular weight is 248 g/mol. The summed E-state index contributed by atoms with van der Waals surface area (Å²) in [6, 6.07) is 3.21. The molecule has 86 valence electrons. The summed E-state index contributed by atoms with van der Waals surface area (Å²) in [5.41, 5.74) is 5.33. The van der Waals surface area contributed by atoms with Gasteiger partial charge in [-0.3, -0.25) is 0 Å². The Labute approximate surface area is 92.7 Å². The van der Waals surface area contributed by atoms with Crippen molar-refractivity contribution < 1.29 is 17.6 Å². The third kappa shape index (κ3) is 2.10. The molecule has 2 heterocycles. The predicted molar refractivity (Wildman–Crippen MR) is 52.7 cm³/mol. The summed E-state index contributed by atoms with van der Waals surface area (Å²) < 4.78 is 42.1. The van der Waals surface area contributed by atoms with Gasteiger partial charge in [-0.1, -0.05) is 0 Å². The Morgan fingerprint density at radius 1 is 1.38 bits per heavy atom. The summed E-state index contributed by atoms with van der Waals surface area (Å²) in [5.74, 6) is 0.880. The van der Waals surface area contributed by atoms with E-state index >= 15 is 0 Å². The molecule has 0 amide bonds. The number of hydrogen-bond donors (Lipinski definition) is 1. The molecule has 0 bridgehead atoms. The Kier molecular flexibility index (Phi) is 2.73. The Morgan fingerprint density at radius 2 is 2.12 bits per heavy atom. The largest absolute Gasteiger partial charge is 0.459 e. The molecule has 0 radical (unpaired) electrons. The van der Waals surface area contributed by atoms with E-state index in [1.165, 1.54) is 0 Å². The van der Waals surface area contributed by atoms with Crippen molar-refractivity contribution in [2.24, 2.45) is 5.73 Å². The number of nitrogens with zero attached hydrogens (tertiary/aromatic N) is 1. The Morgan fingerprint density at radius 3 is 2.62 bits per heavy atom. The highest BCUT2D eigenvalue weighted by Gasteiger charge is 2.34. The maximum atomic E-state index is 12.3. The zero-order valence-electron chi connectivity index (χ0n) is 7.91. The van der Waals surface area contributed by atoms with Crippen LogP contribution < -0.4 is 5.73 Å². The molecule has 16 heavy (non-hydrogen) atoms. The minimum absolute atomic E-state index is 0.213. The van der Waals surface area contributed by atoms with E-state index in [1.54, 1.807) is 12.1 Å². The number of aromatic nitrogens is 1. The van der Waals surface area contributed by atoms with Crippen LogP contribution in [0.5, 0.6) is 0 Å². The molecule has 0 aliphatic heterocycles. The zero-order chi connectivity index (χ0) is 11.8. The second-order valence-corrected chi connectivity index (χ2v) is 4.03. The SMILES string of the molecule is NCc1ccc(-c2cnc(C(F)(F)F)s2)o1. The van der Waals surface area contributed by atoms with Crippen molar-refractivity contribution in [3.63, 3.8) is 0 Å². The molecule has 0 atom stereocenters. The highest BCUT2D eigenvalue weighted by molar-refractivity contribution is 7.15. The molecule has 0 aliphatic rings. The summed E-state index contributed by atoms with van der Waals surface area (Å²) in [6.45, 7) is 0.213. The average Bonchev–Trinajstić information content (AvgIpc) is 2.85. The van der Waals surface area contributed by atoms with Crippen LogP contribution in [-0.4, -0.2) is 4.98 Å². The summed E-state index contributed by atoms with van der Waals surface area (Å²) in [6.07, 6.45) is -3.27. The number of hydrogen-bond acceptors (Lipinski definition) is 4. The number of alkyl halides is 3. The molecule has 0 saturated heterocycles. The number of halogens is 3. The first-order valence-corrected chi connectivity index (χ1v) is 5.14. The third-order valence-corrected chi connectivity index (χ3v) is 2.91. The molecule has 0 aliphatic carbocycles. The van der Waals surface area contributed by atoms with Crippen LogP contribution >= 0.6 is 11.3 Å². The van der Waals surface area contributed by atoms with Crippen LogP contribution in [-0.2, 0) is 12.7 Å². The molecule has 0 fully saturated rings. The van der Waals surface area contributed by atoms with E-state index in [1.807, 2.05) is 0 Å². The van der Waals surface area contributed by atoms with Gasteiger partial charge in [-0.05, 0) is 12.1 Å². The summed E-state index contributed by atoms with van der Waals surface area (Å²) in [7, 11) is 0. The minimum atomic E-state index is -4.41. The smallest absolute Gasteiger partial charge is 0.443 e. The maximum Gasteiger partial charge on any atom is 0.443 e. The van der Waals surface area contributed by atoms with Gasteiger partial charge in [-0.2, -0.15) is 13.2 Å². The molecule has 0 saturated carbocycles. The molecule has 7 heteroatoms. The van der Waals surface area contributed by atoms with Crippen LogP contribution in [0.15, 0.2) is 22.7 Å². The van der Waals surface area contributed by atoms with Gasteiger partial charge in [0.15, 0.2) is 5.01 Å². The topological polar surface area (TPSA) is 52.0 Å². The number of thiazole rings is 1. The van der Waals surface area contributed by atoms with Crippen molar-refractivity contribution in [1.29, 1.82) is 0 Å². The van der Waals surface area contributed by atoms with Crippen molar-refractivity contribution in [2.75, 3.05) is 0 Å². The van der Waals surface area contributed by atoms with E-state index in [0.717, 1.165) is 6.20 Å². The van der Waals surface area contributed by atoms with Gasteiger partial charge in [0, 0.05) is 6.20 Å². The lowest BCUT2D eigenvalue weighted by Gasteiger charge is -1.98. The Balaban J connectivity index is 2.31. The molecule has 2 N–H and O–H groups in total. The lowest BCUT2D eigenvalue weighted by Crippen LogP contribution is -2.02. The maximum absolute atomic E-state index is 12.3. The fourth-order valence-electron chi connectivity index (χ4n) is 1.14. The Hall–Kier alpha value is -1.34. The second-order valence-electron chi connectivity index (χ2n) is 3.00. The zero-order valence-corrected chi connectivity index (χ0v) is 8.73. The molecule has 2 aromatic rings. The van der Waals surface area contributed by atoms with Crippen LogP contribution in [0.3, 0.4) is 0 Å². The Bertz CT molecular complexity index is 489. The lowest BCUT2D eigenvalue weighted by molar-refractivity contribution is -0.137. The van der Waals surface area contributed by atoms with E-state index < -0.39 is 11.2 Å².